The summed E-state index contributed by atoms with van der Waals surface area (Å²) in [5.74, 6) is -1.12. The van der Waals surface area contributed by atoms with Crippen molar-refractivity contribution in [2.45, 2.75) is 6.54 Å². The van der Waals surface area contributed by atoms with E-state index in [-0.39, 0.29) is 22.7 Å². The summed E-state index contributed by atoms with van der Waals surface area (Å²) in [4.78, 5) is 38.9. The highest BCUT2D eigenvalue weighted by Crippen LogP contribution is 2.10. The molecule has 0 aliphatic carbocycles. The van der Waals surface area contributed by atoms with Gasteiger partial charge in [-0.05, 0) is 12.1 Å². The minimum absolute atomic E-state index is 0.0166. The molecule has 0 aliphatic heterocycles. The maximum atomic E-state index is 12.3. The van der Waals surface area contributed by atoms with Crippen molar-refractivity contribution in [2.24, 2.45) is 0 Å². The number of nitrogens with zero attached hydrogens (tertiary/aromatic N) is 2. The van der Waals surface area contributed by atoms with Crippen LogP contribution in [0.1, 0.15) is 15.5 Å². The van der Waals surface area contributed by atoms with E-state index in [1.165, 1.54) is 0 Å². The van der Waals surface area contributed by atoms with Gasteiger partial charge in [-0.3, -0.25) is 14.7 Å². The van der Waals surface area contributed by atoms with Gasteiger partial charge >= 0.3 is 5.97 Å². The third-order valence-corrected chi connectivity index (χ3v) is 3.82. The minimum atomic E-state index is -1.12. The Balaban J connectivity index is 2.08. The molecule has 0 unspecified atom stereocenters. The normalized spacial score (nSPS) is 10.9. The van der Waals surface area contributed by atoms with Crippen molar-refractivity contribution in [1.82, 2.24) is 14.8 Å². The Kier molecular flexibility index (Phi) is 3.15. The van der Waals surface area contributed by atoms with Gasteiger partial charge in [0, 0.05) is 5.38 Å². The number of aromatic amines is 1. The number of thiazole rings is 1. The molecule has 0 saturated carbocycles. The van der Waals surface area contributed by atoms with Crippen molar-refractivity contribution < 1.29 is 9.90 Å². The smallest absolute Gasteiger partial charge is 0.365 e. The highest BCUT2D eigenvalue weighted by atomic mass is 32.1. The molecular formula is C13H9N3O4S. The van der Waals surface area contributed by atoms with Crippen molar-refractivity contribution in [1.29, 1.82) is 0 Å². The molecule has 3 rings (SSSR count). The van der Waals surface area contributed by atoms with Gasteiger partial charge in [-0.2, -0.15) is 0 Å². The molecule has 2 aromatic heterocycles. The molecule has 0 aliphatic rings. The second-order valence-corrected chi connectivity index (χ2v) is 5.19. The maximum absolute atomic E-state index is 12.3. The van der Waals surface area contributed by atoms with Crippen LogP contribution in [0.4, 0.5) is 0 Å². The number of H-pyrrole nitrogens is 1. The molecule has 21 heavy (non-hydrogen) atoms. The molecule has 8 heteroatoms. The number of carboxylic acids is 1. The Labute approximate surface area is 121 Å². The SMILES string of the molecule is O=C(O)c1nc(Cn2[nH]c(=O)c3ccccc3c2=O)cs1. The zero-order valence-electron chi connectivity index (χ0n) is 10.6. The third-order valence-electron chi connectivity index (χ3n) is 2.94. The summed E-state index contributed by atoms with van der Waals surface area (Å²) in [5.41, 5.74) is -0.320. The van der Waals surface area contributed by atoms with Gasteiger partial charge in [0.15, 0.2) is 0 Å². The molecule has 0 fully saturated rings. The number of fused-ring (bicyclic) bond motifs is 1. The predicted molar refractivity (Wildman–Crippen MR) is 77.0 cm³/mol. The first-order valence-corrected chi connectivity index (χ1v) is 6.84. The van der Waals surface area contributed by atoms with E-state index in [4.69, 9.17) is 5.11 Å². The fourth-order valence-corrected chi connectivity index (χ4v) is 2.64. The topological polar surface area (TPSA) is 105 Å². The Morgan fingerprint density at radius 3 is 2.67 bits per heavy atom. The van der Waals surface area contributed by atoms with Crippen molar-refractivity contribution in [3.63, 3.8) is 0 Å². The van der Waals surface area contributed by atoms with Crippen molar-refractivity contribution in [2.75, 3.05) is 0 Å². The van der Waals surface area contributed by atoms with Gasteiger partial charge in [0.05, 0.1) is 23.0 Å². The minimum Gasteiger partial charge on any atom is -0.476 e. The third kappa shape index (κ3) is 2.36. The molecule has 3 aromatic rings. The van der Waals surface area contributed by atoms with Gasteiger partial charge in [-0.15, -0.1) is 11.3 Å². The van der Waals surface area contributed by atoms with E-state index >= 15 is 0 Å². The zero-order valence-corrected chi connectivity index (χ0v) is 11.4. The van der Waals surface area contributed by atoms with Crippen LogP contribution >= 0.6 is 11.3 Å². The summed E-state index contributed by atoms with van der Waals surface area (Å²) in [6.07, 6.45) is 0. The highest BCUT2D eigenvalue weighted by molar-refractivity contribution is 7.11. The standard InChI is InChI=1S/C13H9N3O4S/c17-10-8-3-1-2-4-9(8)12(18)16(15-10)5-7-6-21-11(14-7)13(19)20/h1-4,6H,5H2,(H,15,17)(H,19,20). The molecule has 2 N–H and O–H groups in total. The van der Waals surface area contributed by atoms with Crippen molar-refractivity contribution in [3.05, 3.63) is 61.1 Å². The lowest BCUT2D eigenvalue weighted by Gasteiger charge is -2.05. The average molecular weight is 303 g/mol. The fourth-order valence-electron chi connectivity index (χ4n) is 2.00. The molecule has 0 spiro atoms. The van der Waals surface area contributed by atoms with E-state index < -0.39 is 5.97 Å². The number of carboxylic acid groups (broad SMARTS) is 1. The van der Waals surface area contributed by atoms with Crippen LogP contribution in [0.3, 0.4) is 0 Å². The highest BCUT2D eigenvalue weighted by Gasteiger charge is 2.11. The lowest BCUT2D eigenvalue weighted by molar-refractivity contribution is 0.0696. The van der Waals surface area contributed by atoms with E-state index in [9.17, 15) is 14.4 Å². The van der Waals surface area contributed by atoms with Crippen LogP contribution in [0.25, 0.3) is 10.8 Å². The molecule has 0 atom stereocenters. The lowest BCUT2D eigenvalue weighted by atomic mass is 10.2. The zero-order chi connectivity index (χ0) is 15.0. The number of carbonyl (C=O) groups is 1. The summed E-state index contributed by atoms with van der Waals surface area (Å²) in [6, 6.07) is 6.51. The number of aromatic nitrogens is 3. The Bertz CT molecular complexity index is 954. The van der Waals surface area contributed by atoms with Gasteiger partial charge in [-0.1, -0.05) is 12.1 Å². The molecule has 2 heterocycles. The van der Waals surface area contributed by atoms with Crippen LogP contribution in [0, 0.1) is 0 Å². The Morgan fingerprint density at radius 1 is 1.29 bits per heavy atom. The van der Waals surface area contributed by atoms with Gasteiger partial charge in [0.25, 0.3) is 11.1 Å². The first-order valence-electron chi connectivity index (χ1n) is 5.96. The van der Waals surface area contributed by atoms with E-state index in [1.54, 1.807) is 29.6 Å². The lowest BCUT2D eigenvalue weighted by Crippen LogP contribution is -2.30. The summed E-state index contributed by atoms with van der Waals surface area (Å²) in [7, 11) is 0. The number of hydrogen-bond acceptors (Lipinski definition) is 5. The monoisotopic (exact) mass is 303 g/mol. The maximum Gasteiger partial charge on any atom is 0.365 e. The molecule has 7 nitrogen and oxygen atoms in total. The Hall–Kier alpha value is -2.74. The van der Waals surface area contributed by atoms with Crippen molar-refractivity contribution in [3.8, 4) is 0 Å². The molecule has 0 radical (unpaired) electrons. The van der Waals surface area contributed by atoms with E-state index in [0.717, 1.165) is 16.0 Å². The molecule has 0 amide bonds. The van der Waals surface area contributed by atoms with E-state index in [2.05, 4.69) is 10.1 Å². The van der Waals surface area contributed by atoms with Crippen LogP contribution in [0.2, 0.25) is 0 Å². The number of hydrogen-bond donors (Lipinski definition) is 2. The molecule has 0 saturated heterocycles. The Morgan fingerprint density at radius 2 is 2.00 bits per heavy atom. The number of aromatic carboxylic acids is 1. The quantitative estimate of drug-likeness (QED) is 0.747. The largest absolute Gasteiger partial charge is 0.476 e. The molecule has 106 valence electrons. The first kappa shape index (κ1) is 13.3. The van der Waals surface area contributed by atoms with Gasteiger partial charge in [0.1, 0.15) is 0 Å². The predicted octanol–water partition coefficient (Wildman–Crippen LogP) is 0.893. The van der Waals surface area contributed by atoms with E-state index in [1.807, 2.05) is 0 Å². The molecule has 1 aromatic carbocycles. The first-order chi connectivity index (χ1) is 10.1. The van der Waals surface area contributed by atoms with Crippen LogP contribution < -0.4 is 11.1 Å². The van der Waals surface area contributed by atoms with Crippen molar-refractivity contribution >= 4 is 28.1 Å². The van der Waals surface area contributed by atoms with Crippen LogP contribution in [0.5, 0.6) is 0 Å². The van der Waals surface area contributed by atoms with Crippen LogP contribution in [0.15, 0.2) is 39.2 Å². The number of rotatable bonds is 3. The van der Waals surface area contributed by atoms with Crippen LogP contribution in [-0.2, 0) is 6.54 Å². The second-order valence-electron chi connectivity index (χ2n) is 4.33. The van der Waals surface area contributed by atoms with Gasteiger partial charge < -0.3 is 5.11 Å². The van der Waals surface area contributed by atoms with Gasteiger partial charge in [0.2, 0.25) is 5.01 Å². The number of benzene rings is 1. The fraction of sp³-hybridized carbons (Fsp3) is 0.0769. The number of nitrogens with one attached hydrogen (secondary N) is 1. The summed E-state index contributed by atoms with van der Waals surface area (Å²) in [5, 5.41) is 13.4. The summed E-state index contributed by atoms with van der Waals surface area (Å²) in [6.45, 7) is 0.0166. The molecule has 0 bridgehead atoms. The second kappa shape index (κ2) is 4.98. The molecular weight excluding hydrogens is 294 g/mol. The average Bonchev–Trinajstić information content (AvgIpc) is 2.93. The van der Waals surface area contributed by atoms with Gasteiger partial charge in [-0.25, -0.2) is 14.5 Å². The summed E-state index contributed by atoms with van der Waals surface area (Å²) >= 11 is 0.973. The summed E-state index contributed by atoms with van der Waals surface area (Å²) < 4.78 is 1.13. The van der Waals surface area contributed by atoms with E-state index in [0.29, 0.717) is 16.5 Å². The van der Waals surface area contributed by atoms with Crippen LogP contribution in [-0.4, -0.2) is 25.8 Å².